The maximum absolute atomic E-state index is 12.2. The van der Waals surface area contributed by atoms with E-state index < -0.39 is 0 Å². The fourth-order valence-corrected chi connectivity index (χ4v) is 4.00. The van der Waals surface area contributed by atoms with Gasteiger partial charge in [0.05, 0.1) is 5.56 Å². The van der Waals surface area contributed by atoms with E-state index in [4.69, 9.17) is 0 Å². The van der Waals surface area contributed by atoms with E-state index in [0.717, 1.165) is 11.8 Å². The molecule has 0 saturated heterocycles. The summed E-state index contributed by atoms with van der Waals surface area (Å²) in [5, 5.41) is 22.1. The Labute approximate surface area is 118 Å². The van der Waals surface area contributed by atoms with E-state index in [2.05, 4.69) is 5.32 Å². The Balaban J connectivity index is 1.68. The van der Waals surface area contributed by atoms with Crippen molar-refractivity contribution in [1.82, 2.24) is 5.32 Å². The van der Waals surface area contributed by atoms with Gasteiger partial charge in [0.25, 0.3) is 5.91 Å². The van der Waals surface area contributed by atoms with Gasteiger partial charge in [0, 0.05) is 6.04 Å². The van der Waals surface area contributed by atoms with Gasteiger partial charge in [-0.2, -0.15) is 0 Å². The largest absolute Gasteiger partial charge is 0.508 e. The number of phenolic OH excluding ortho intramolecular Hbond substituents is 2. The van der Waals surface area contributed by atoms with Crippen LogP contribution in [-0.4, -0.2) is 22.2 Å². The van der Waals surface area contributed by atoms with Crippen molar-refractivity contribution >= 4 is 5.91 Å². The van der Waals surface area contributed by atoms with Gasteiger partial charge in [-0.3, -0.25) is 4.79 Å². The Morgan fingerprint density at radius 2 is 2.10 bits per heavy atom. The van der Waals surface area contributed by atoms with Crippen LogP contribution in [0.25, 0.3) is 0 Å². The van der Waals surface area contributed by atoms with Gasteiger partial charge in [-0.05, 0) is 62.1 Å². The lowest BCUT2D eigenvalue weighted by Crippen LogP contribution is -2.40. The summed E-state index contributed by atoms with van der Waals surface area (Å²) in [6.07, 6.45) is 5.14. The molecule has 4 atom stereocenters. The monoisotopic (exact) mass is 275 g/mol. The van der Waals surface area contributed by atoms with Crippen LogP contribution in [0.3, 0.4) is 0 Å². The number of nitrogens with one attached hydrogen (secondary N) is 1. The Kier molecular flexibility index (Phi) is 3.32. The maximum atomic E-state index is 12.2. The van der Waals surface area contributed by atoms with Crippen LogP contribution in [0.1, 0.15) is 43.0 Å². The summed E-state index contributed by atoms with van der Waals surface area (Å²) in [4.78, 5) is 12.2. The number of rotatable bonds is 3. The maximum Gasteiger partial charge on any atom is 0.255 e. The fraction of sp³-hybridized carbons (Fsp3) is 0.562. The van der Waals surface area contributed by atoms with Crippen molar-refractivity contribution in [1.29, 1.82) is 0 Å². The molecule has 1 aromatic rings. The average molecular weight is 275 g/mol. The standard InChI is InChI=1S/C16H21NO3/c1-9(13-7-10-2-3-11(13)6-10)17-16(20)14-8-12(18)4-5-15(14)19/h4-5,8-11,13,18-19H,2-3,6-7H2,1H3,(H,17,20). The topological polar surface area (TPSA) is 69.6 Å². The van der Waals surface area contributed by atoms with E-state index in [1.165, 1.54) is 43.9 Å². The number of hydrogen-bond donors (Lipinski definition) is 3. The zero-order valence-corrected chi connectivity index (χ0v) is 11.7. The Morgan fingerprint density at radius 1 is 1.30 bits per heavy atom. The lowest BCUT2D eigenvalue weighted by atomic mass is 9.84. The summed E-state index contributed by atoms with van der Waals surface area (Å²) >= 11 is 0. The SMILES string of the molecule is CC(NC(=O)c1cc(O)ccc1O)C1CC2CCC1C2. The molecule has 2 aliphatic carbocycles. The number of aromatic hydroxyl groups is 2. The van der Waals surface area contributed by atoms with Crippen LogP contribution < -0.4 is 5.32 Å². The molecular formula is C16H21NO3. The fourth-order valence-electron chi connectivity index (χ4n) is 4.00. The molecule has 2 bridgehead atoms. The number of amides is 1. The molecule has 0 heterocycles. The molecule has 4 unspecified atom stereocenters. The molecule has 3 N–H and O–H groups in total. The van der Waals surface area contributed by atoms with Gasteiger partial charge in [0.15, 0.2) is 0 Å². The molecular weight excluding hydrogens is 254 g/mol. The molecule has 1 aromatic carbocycles. The zero-order valence-electron chi connectivity index (χ0n) is 11.7. The van der Waals surface area contributed by atoms with E-state index in [-0.39, 0.29) is 29.0 Å². The molecule has 2 fully saturated rings. The molecule has 4 heteroatoms. The predicted molar refractivity (Wildman–Crippen MR) is 75.6 cm³/mol. The van der Waals surface area contributed by atoms with Gasteiger partial charge in [0.2, 0.25) is 0 Å². The second-order valence-electron chi connectivity index (χ2n) is 6.30. The van der Waals surface area contributed by atoms with Gasteiger partial charge >= 0.3 is 0 Å². The van der Waals surface area contributed by atoms with Crippen LogP contribution in [0.15, 0.2) is 18.2 Å². The van der Waals surface area contributed by atoms with Crippen LogP contribution >= 0.6 is 0 Å². The number of fused-ring (bicyclic) bond motifs is 2. The second kappa shape index (κ2) is 5.00. The highest BCUT2D eigenvalue weighted by atomic mass is 16.3. The first kappa shape index (κ1) is 13.3. The van der Waals surface area contributed by atoms with Gasteiger partial charge < -0.3 is 15.5 Å². The van der Waals surface area contributed by atoms with E-state index in [0.29, 0.717) is 5.92 Å². The minimum Gasteiger partial charge on any atom is -0.508 e. The quantitative estimate of drug-likeness (QED) is 0.743. The normalized spacial score (nSPS) is 29.4. The van der Waals surface area contributed by atoms with Crippen LogP contribution in [-0.2, 0) is 0 Å². The van der Waals surface area contributed by atoms with E-state index in [1.807, 2.05) is 6.92 Å². The highest BCUT2D eigenvalue weighted by molar-refractivity contribution is 5.97. The molecule has 0 radical (unpaired) electrons. The van der Waals surface area contributed by atoms with Crippen molar-refractivity contribution in [2.24, 2.45) is 17.8 Å². The molecule has 4 nitrogen and oxygen atoms in total. The van der Waals surface area contributed by atoms with Crippen molar-refractivity contribution in [2.75, 3.05) is 0 Å². The molecule has 0 spiro atoms. The number of carbonyl (C=O) groups excluding carboxylic acids is 1. The van der Waals surface area contributed by atoms with Gasteiger partial charge in [0.1, 0.15) is 11.5 Å². The Hall–Kier alpha value is -1.71. The summed E-state index contributed by atoms with van der Waals surface area (Å²) in [7, 11) is 0. The highest BCUT2D eigenvalue weighted by Gasteiger charge is 2.42. The summed E-state index contributed by atoms with van der Waals surface area (Å²) in [6, 6.07) is 4.12. The average Bonchev–Trinajstić information content (AvgIpc) is 3.03. The number of phenols is 2. The Morgan fingerprint density at radius 3 is 2.75 bits per heavy atom. The first-order valence-electron chi connectivity index (χ1n) is 7.37. The molecule has 3 rings (SSSR count). The van der Waals surface area contributed by atoms with Crippen molar-refractivity contribution < 1.29 is 15.0 Å². The summed E-state index contributed by atoms with van der Waals surface area (Å²) in [5.74, 6) is 1.72. The molecule has 1 amide bonds. The minimum absolute atomic E-state index is 0.0134. The summed E-state index contributed by atoms with van der Waals surface area (Å²) < 4.78 is 0. The van der Waals surface area contributed by atoms with Crippen LogP contribution in [0, 0.1) is 17.8 Å². The molecule has 20 heavy (non-hydrogen) atoms. The smallest absolute Gasteiger partial charge is 0.255 e. The predicted octanol–water partition coefficient (Wildman–Crippen LogP) is 2.65. The highest BCUT2D eigenvalue weighted by Crippen LogP contribution is 2.49. The first-order valence-corrected chi connectivity index (χ1v) is 7.37. The molecule has 2 aliphatic rings. The summed E-state index contributed by atoms with van der Waals surface area (Å²) in [5.41, 5.74) is 0.139. The molecule has 108 valence electrons. The van der Waals surface area contributed by atoms with Crippen LogP contribution in [0.4, 0.5) is 0 Å². The zero-order chi connectivity index (χ0) is 14.3. The van der Waals surface area contributed by atoms with Crippen molar-refractivity contribution in [3.8, 4) is 11.5 Å². The van der Waals surface area contributed by atoms with Gasteiger partial charge in [-0.1, -0.05) is 6.42 Å². The van der Waals surface area contributed by atoms with Crippen molar-refractivity contribution in [2.45, 2.75) is 38.6 Å². The summed E-state index contributed by atoms with van der Waals surface area (Å²) in [6.45, 7) is 2.04. The Bertz CT molecular complexity index is 528. The third kappa shape index (κ3) is 2.35. The van der Waals surface area contributed by atoms with Gasteiger partial charge in [-0.15, -0.1) is 0 Å². The lowest BCUT2D eigenvalue weighted by Gasteiger charge is -2.28. The second-order valence-corrected chi connectivity index (χ2v) is 6.30. The van der Waals surface area contributed by atoms with Crippen molar-refractivity contribution in [3.05, 3.63) is 23.8 Å². The van der Waals surface area contributed by atoms with Crippen LogP contribution in [0.2, 0.25) is 0 Å². The van der Waals surface area contributed by atoms with Crippen LogP contribution in [0.5, 0.6) is 11.5 Å². The third-order valence-electron chi connectivity index (χ3n) is 5.02. The number of hydrogen-bond acceptors (Lipinski definition) is 3. The van der Waals surface area contributed by atoms with E-state index in [1.54, 1.807) is 0 Å². The van der Waals surface area contributed by atoms with E-state index >= 15 is 0 Å². The number of benzene rings is 1. The first-order chi connectivity index (χ1) is 9.54. The minimum atomic E-state index is -0.311. The van der Waals surface area contributed by atoms with Gasteiger partial charge in [-0.25, -0.2) is 0 Å². The number of carbonyl (C=O) groups is 1. The van der Waals surface area contributed by atoms with E-state index in [9.17, 15) is 15.0 Å². The molecule has 0 aromatic heterocycles. The molecule has 0 aliphatic heterocycles. The molecule has 2 saturated carbocycles. The third-order valence-corrected chi connectivity index (χ3v) is 5.02. The van der Waals surface area contributed by atoms with Crippen molar-refractivity contribution in [3.63, 3.8) is 0 Å². The lowest BCUT2D eigenvalue weighted by molar-refractivity contribution is 0.0912.